The average molecular weight is 163 g/mol. The molecule has 1 aromatic carbocycles. The Morgan fingerprint density at radius 3 is 3.17 bits per heavy atom. The summed E-state index contributed by atoms with van der Waals surface area (Å²) >= 11 is 0. The maximum absolute atomic E-state index is 5.69. The van der Waals surface area contributed by atoms with Gasteiger partial charge in [-0.15, -0.1) is 0 Å². The molecule has 0 aliphatic carbocycles. The number of hydrogen-bond acceptors (Lipinski definition) is 2. The maximum atomic E-state index is 5.69. The van der Waals surface area contributed by atoms with Crippen LogP contribution in [-0.2, 0) is 6.54 Å². The van der Waals surface area contributed by atoms with E-state index < -0.39 is 0 Å². The molecule has 0 spiro atoms. The first-order chi connectivity index (χ1) is 5.86. The van der Waals surface area contributed by atoms with Crippen molar-refractivity contribution in [3.05, 3.63) is 29.8 Å². The Balaban J connectivity index is 2.31. The lowest BCUT2D eigenvalue weighted by Gasteiger charge is -2.11. The van der Waals surface area contributed by atoms with Crippen molar-refractivity contribution in [2.75, 3.05) is 6.54 Å². The van der Waals surface area contributed by atoms with Gasteiger partial charge in [-0.2, -0.15) is 0 Å². The monoisotopic (exact) mass is 163 g/mol. The summed E-state index contributed by atoms with van der Waals surface area (Å²) in [5, 5.41) is 3.33. The summed E-state index contributed by atoms with van der Waals surface area (Å²) in [5.74, 6) is 1.02. The molecule has 0 amide bonds. The van der Waals surface area contributed by atoms with Gasteiger partial charge in [0.05, 0.1) is 0 Å². The lowest BCUT2D eigenvalue weighted by atomic mass is 10.2. The Bertz CT molecular complexity index is 272. The van der Waals surface area contributed by atoms with Crippen LogP contribution in [0.15, 0.2) is 24.3 Å². The van der Waals surface area contributed by atoms with E-state index in [2.05, 4.69) is 18.3 Å². The van der Waals surface area contributed by atoms with Gasteiger partial charge in [0, 0.05) is 18.7 Å². The molecule has 1 atom stereocenters. The molecule has 0 saturated heterocycles. The van der Waals surface area contributed by atoms with Crippen LogP contribution in [-0.4, -0.2) is 12.6 Å². The standard InChI is InChI=1S/C10H13NO/c1-8-6-11-7-9-4-2-3-5-10(9)12-8/h2-5,8,11H,6-7H2,1H3. The first-order valence-electron chi connectivity index (χ1n) is 4.31. The normalized spacial score (nSPS) is 22.2. The van der Waals surface area contributed by atoms with E-state index in [-0.39, 0.29) is 6.10 Å². The fourth-order valence-corrected chi connectivity index (χ4v) is 1.43. The lowest BCUT2D eigenvalue weighted by Crippen LogP contribution is -2.24. The highest BCUT2D eigenvalue weighted by atomic mass is 16.5. The molecule has 0 saturated carbocycles. The van der Waals surface area contributed by atoms with Crippen molar-refractivity contribution in [2.45, 2.75) is 19.6 Å². The van der Waals surface area contributed by atoms with Crippen molar-refractivity contribution in [1.29, 1.82) is 0 Å². The maximum Gasteiger partial charge on any atom is 0.124 e. The highest BCUT2D eigenvalue weighted by Crippen LogP contribution is 2.20. The highest BCUT2D eigenvalue weighted by Gasteiger charge is 2.11. The van der Waals surface area contributed by atoms with Gasteiger partial charge >= 0.3 is 0 Å². The third-order valence-electron chi connectivity index (χ3n) is 2.05. The van der Waals surface area contributed by atoms with Crippen molar-refractivity contribution in [3.8, 4) is 5.75 Å². The van der Waals surface area contributed by atoms with Crippen molar-refractivity contribution in [3.63, 3.8) is 0 Å². The number of rotatable bonds is 0. The Morgan fingerprint density at radius 2 is 2.25 bits per heavy atom. The first kappa shape index (κ1) is 7.62. The number of hydrogen-bond donors (Lipinski definition) is 1. The van der Waals surface area contributed by atoms with Gasteiger partial charge < -0.3 is 10.1 Å². The van der Waals surface area contributed by atoms with Crippen LogP contribution in [0, 0.1) is 0 Å². The number of ether oxygens (including phenoxy) is 1. The molecule has 0 bridgehead atoms. The van der Waals surface area contributed by atoms with E-state index in [1.54, 1.807) is 0 Å². The van der Waals surface area contributed by atoms with Crippen LogP contribution in [0.1, 0.15) is 12.5 Å². The van der Waals surface area contributed by atoms with Gasteiger partial charge in [-0.25, -0.2) is 0 Å². The van der Waals surface area contributed by atoms with E-state index >= 15 is 0 Å². The van der Waals surface area contributed by atoms with Gasteiger partial charge in [0.25, 0.3) is 0 Å². The molecule has 1 N–H and O–H groups in total. The van der Waals surface area contributed by atoms with E-state index in [4.69, 9.17) is 4.74 Å². The van der Waals surface area contributed by atoms with Crippen molar-refractivity contribution in [2.24, 2.45) is 0 Å². The second-order valence-electron chi connectivity index (χ2n) is 3.17. The van der Waals surface area contributed by atoms with Crippen LogP contribution in [0.5, 0.6) is 5.75 Å². The second-order valence-corrected chi connectivity index (χ2v) is 3.17. The van der Waals surface area contributed by atoms with Gasteiger partial charge in [-0.05, 0) is 13.0 Å². The predicted molar refractivity (Wildman–Crippen MR) is 48.2 cm³/mol. The van der Waals surface area contributed by atoms with Gasteiger partial charge in [0.1, 0.15) is 11.9 Å². The Labute approximate surface area is 72.5 Å². The van der Waals surface area contributed by atoms with Crippen LogP contribution in [0.25, 0.3) is 0 Å². The number of nitrogens with one attached hydrogen (secondary N) is 1. The van der Waals surface area contributed by atoms with E-state index in [1.807, 2.05) is 18.2 Å². The summed E-state index contributed by atoms with van der Waals surface area (Å²) in [4.78, 5) is 0. The largest absolute Gasteiger partial charge is 0.489 e. The van der Waals surface area contributed by atoms with Crippen molar-refractivity contribution >= 4 is 0 Å². The van der Waals surface area contributed by atoms with Gasteiger partial charge in [0.2, 0.25) is 0 Å². The van der Waals surface area contributed by atoms with Gasteiger partial charge in [0.15, 0.2) is 0 Å². The summed E-state index contributed by atoms with van der Waals surface area (Å²) in [7, 11) is 0. The molecule has 0 fully saturated rings. The van der Waals surface area contributed by atoms with Crippen LogP contribution in [0.3, 0.4) is 0 Å². The van der Waals surface area contributed by atoms with Crippen LogP contribution >= 0.6 is 0 Å². The molecule has 1 aliphatic heterocycles. The average Bonchev–Trinajstić information content (AvgIpc) is 2.25. The van der Waals surface area contributed by atoms with E-state index in [1.165, 1.54) is 5.56 Å². The van der Waals surface area contributed by atoms with Crippen molar-refractivity contribution in [1.82, 2.24) is 5.32 Å². The van der Waals surface area contributed by atoms with E-state index in [0.29, 0.717) is 0 Å². The Morgan fingerprint density at radius 1 is 1.42 bits per heavy atom. The molecular formula is C10H13NO. The van der Waals surface area contributed by atoms with Crippen LogP contribution in [0.4, 0.5) is 0 Å². The molecule has 2 heteroatoms. The summed E-state index contributed by atoms with van der Waals surface area (Å²) in [6.07, 6.45) is 0.272. The highest BCUT2D eigenvalue weighted by molar-refractivity contribution is 5.33. The molecule has 0 radical (unpaired) electrons. The minimum atomic E-state index is 0.272. The zero-order valence-electron chi connectivity index (χ0n) is 7.21. The fraction of sp³-hybridized carbons (Fsp3) is 0.400. The third kappa shape index (κ3) is 1.43. The molecule has 2 rings (SSSR count). The number of benzene rings is 1. The zero-order valence-corrected chi connectivity index (χ0v) is 7.21. The predicted octanol–water partition coefficient (Wildman–Crippen LogP) is 1.56. The third-order valence-corrected chi connectivity index (χ3v) is 2.05. The summed E-state index contributed by atoms with van der Waals surface area (Å²) in [6, 6.07) is 8.18. The minimum Gasteiger partial charge on any atom is -0.489 e. The quantitative estimate of drug-likeness (QED) is 0.626. The number of para-hydroxylation sites is 1. The zero-order chi connectivity index (χ0) is 8.39. The Kier molecular flexibility index (Phi) is 2.00. The van der Waals surface area contributed by atoms with Crippen molar-refractivity contribution < 1.29 is 4.74 Å². The Hall–Kier alpha value is -1.02. The first-order valence-corrected chi connectivity index (χ1v) is 4.31. The second kappa shape index (κ2) is 3.15. The molecule has 1 aromatic rings. The topological polar surface area (TPSA) is 21.3 Å². The SMILES string of the molecule is CC1CNCc2ccccc2O1. The lowest BCUT2D eigenvalue weighted by molar-refractivity contribution is 0.226. The molecule has 64 valence electrons. The van der Waals surface area contributed by atoms with Crippen LogP contribution < -0.4 is 10.1 Å². The molecular weight excluding hydrogens is 150 g/mol. The molecule has 2 nitrogen and oxygen atoms in total. The number of fused-ring (bicyclic) bond motifs is 1. The molecule has 1 unspecified atom stereocenters. The smallest absolute Gasteiger partial charge is 0.124 e. The molecule has 0 aromatic heterocycles. The van der Waals surface area contributed by atoms with E-state index in [0.717, 1.165) is 18.8 Å². The molecule has 12 heavy (non-hydrogen) atoms. The van der Waals surface area contributed by atoms with E-state index in [9.17, 15) is 0 Å². The summed E-state index contributed by atoms with van der Waals surface area (Å²) in [5.41, 5.74) is 1.25. The minimum absolute atomic E-state index is 0.272. The van der Waals surface area contributed by atoms with Gasteiger partial charge in [-0.3, -0.25) is 0 Å². The summed E-state index contributed by atoms with van der Waals surface area (Å²) in [6.45, 7) is 3.92. The fourth-order valence-electron chi connectivity index (χ4n) is 1.43. The molecule has 1 heterocycles. The van der Waals surface area contributed by atoms with Crippen LogP contribution in [0.2, 0.25) is 0 Å². The molecule has 1 aliphatic rings. The van der Waals surface area contributed by atoms with Gasteiger partial charge in [-0.1, -0.05) is 18.2 Å². The summed E-state index contributed by atoms with van der Waals surface area (Å²) < 4.78 is 5.69.